The minimum atomic E-state index is 0.0319. The summed E-state index contributed by atoms with van der Waals surface area (Å²) in [5.74, 6) is 0.213. The van der Waals surface area contributed by atoms with E-state index in [-0.39, 0.29) is 11.7 Å². The summed E-state index contributed by atoms with van der Waals surface area (Å²) in [7, 11) is 0. The van der Waals surface area contributed by atoms with E-state index in [0.717, 1.165) is 13.1 Å². The number of hydrogen-bond acceptors (Lipinski definition) is 3. The molecule has 0 aromatic heterocycles. The molecule has 4 nitrogen and oxygen atoms in total. The number of phenols is 1. The maximum Gasteiger partial charge on any atom is 0.253 e. The molecule has 1 saturated heterocycles. The van der Waals surface area contributed by atoms with Gasteiger partial charge in [-0.3, -0.25) is 4.79 Å². The number of aromatic hydroxyl groups is 1. The molecule has 1 aliphatic heterocycles. The van der Waals surface area contributed by atoms with Gasteiger partial charge < -0.3 is 14.9 Å². The number of phenolic OH excluding ortho intramolecular Hbond substituents is 1. The average molecular weight is 296 g/mol. The lowest BCUT2D eigenvalue weighted by Crippen LogP contribution is -2.49. The van der Waals surface area contributed by atoms with E-state index in [1.807, 2.05) is 11.0 Å². The molecule has 1 aliphatic rings. The minimum Gasteiger partial charge on any atom is -0.508 e. The quantitative estimate of drug-likeness (QED) is 0.926. The summed E-state index contributed by atoms with van der Waals surface area (Å²) in [6.45, 7) is 5.23. The van der Waals surface area contributed by atoms with E-state index in [2.05, 4.69) is 30.0 Å². The van der Waals surface area contributed by atoms with Crippen molar-refractivity contribution in [3.05, 3.63) is 59.7 Å². The third-order valence-corrected chi connectivity index (χ3v) is 4.14. The molecule has 1 amide bonds. The van der Waals surface area contributed by atoms with Crippen LogP contribution in [0.1, 0.15) is 15.9 Å². The van der Waals surface area contributed by atoms with Gasteiger partial charge >= 0.3 is 0 Å². The third-order valence-electron chi connectivity index (χ3n) is 4.14. The number of carbonyl (C=O) groups is 1. The van der Waals surface area contributed by atoms with Crippen molar-refractivity contribution in [2.45, 2.75) is 6.92 Å². The molecule has 3 rings (SSSR count). The van der Waals surface area contributed by atoms with Crippen LogP contribution in [0.2, 0.25) is 0 Å². The summed E-state index contributed by atoms with van der Waals surface area (Å²) in [5.41, 5.74) is 3.14. The number of nitrogens with zero attached hydrogens (tertiary/aromatic N) is 2. The summed E-state index contributed by atoms with van der Waals surface area (Å²) in [5, 5.41) is 9.30. The molecule has 0 atom stereocenters. The first-order valence-corrected chi connectivity index (χ1v) is 7.54. The molecule has 0 saturated carbocycles. The number of carbonyl (C=O) groups excluding carboxylic acids is 1. The van der Waals surface area contributed by atoms with Crippen molar-refractivity contribution in [2.24, 2.45) is 0 Å². The number of aryl methyl sites for hydroxylation is 1. The van der Waals surface area contributed by atoms with Crippen LogP contribution in [0.25, 0.3) is 0 Å². The number of rotatable bonds is 2. The van der Waals surface area contributed by atoms with Crippen LogP contribution in [0.5, 0.6) is 5.75 Å². The van der Waals surface area contributed by atoms with Gasteiger partial charge in [-0.1, -0.05) is 18.2 Å². The lowest BCUT2D eigenvalue weighted by atomic mass is 10.1. The first kappa shape index (κ1) is 14.4. The number of hydrogen-bond donors (Lipinski definition) is 1. The minimum absolute atomic E-state index is 0.0319. The van der Waals surface area contributed by atoms with Crippen molar-refractivity contribution in [1.29, 1.82) is 0 Å². The van der Waals surface area contributed by atoms with Crippen molar-refractivity contribution in [3.63, 3.8) is 0 Å². The fraction of sp³-hybridized carbons (Fsp3) is 0.278. The Balaban J connectivity index is 1.65. The molecule has 0 spiro atoms. The van der Waals surface area contributed by atoms with Gasteiger partial charge in [-0.05, 0) is 42.8 Å². The first-order chi connectivity index (χ1) is 10.6. The highest BCUT2D eigenvalue weighted by Crippen LogP contribution is 2.21. The Bertz CT molecular complexity index is 659. The van der Waals surface area contributed by atoms with E-state index < -0.39 is 0 Å². The largest absolute Gasteiger partial charge is 0.508 e. The van der Waals surface area contributed by atoms with Gasteiger partial charge in [-0.2, -0.15) is 0 Å². The molecule has 1 fully saturated rings. The molecule has 0 radical (unpaired) electrons. The van der Waals surface area contributed by atoms with E-state index in [0.29, 0.717) is 18.7 Å². The predicted octanol–water partition coefficient (Wildman–Crippen LogP) is 2.66. The zero-order valence-electron chi connectivity index (χ0n) is 12.7. The summed E-state index contributed by atoms with van der Waals surface area (Å²) in [4.78, 5) is 16.7. The molecular weight excluding hydrogens is 276 g/mol. The molecule has 0 bridgehead atoms. The Kier molecular flexibility index (Phi) is 4.00. The second-order valence-electron chi connectivity index (χ2n) is 5.61. The van der Waals surface area contributed by atoms with Crippen molar-refractivity contribution >= 4 is 11.6 Å². The molecule has 0 aliphatic carbocycles. The number of benzene rings is 2. The molecule has 114 valence electrons. The Morgan fingerprint density at radius 1 is 0.955 bits per heavy atom. The van der Waals surface area contributed by atoms with Gasteiger partial charge in [0.05, 0.1) is 0 Å². The zero-order valence-corrected chi connectivity index (χ0v) is 12.7. The van der Waals surface area contributed by atoms with Crippen LogP contribution in [-0.2, 0) is 0 Å². The van der Waals surface area contributed by atoms with Crippen molar-refractivity contribution in [3.8, 4) is 5.75 Å². The molecule has 2 aromatic rings. The SMILES string of the molecule is Cc1ccccc1N1CCN(C(=O)c2ccc(O)cc2)CC1. The normalized spacial score (nSPS) is 15.0. The lowest BCUT2D eigenvalue weighted by Gasteiger charge is -2.36. The standard InChI is InChI=1S/C18H20N2O2/c1-14-4-2-3-5-17(14)19-10-12-20(13-11-19)18(22)15-6-8-16(21)9-7-15/h2-9,21H,10-13H2,1H3. The van der Waals surface area contributed by atoms with Crippen LogP contribution in [0.15, 0.2) is 48.5 Å². The van der Waals surface area contributed by atoms with Crippen LogP contribution in [0, 0.1) is 6.92 Å². The van der Waals surface area contributed by atoms with Crippen molar-refractivity contribution in [1.82, 2.24) is 4.90 Å². The summed E-state index contributed by atoms with van der Waals surface area (Å²) >= 11 is 0. The van der Waals surface area contributed by atoms with Gasteiger partial charge in [-0.15, -0.1) is 0 Å². The number of anilines is 1. The zero-order chi connectivity index (χ0) is 15.5. The highest BCUT2D eigenvalue weighted by atomic mass is 16.3. The van der Waals surface area contributed by atoms with Crippen molar-refractivity contribution < 1.29 is 9.90 Å². The van der Waals surface area contributed by atoms with E-state index in [1.165, 1.54) is 11.3 Å². The van der Waals surface area contributed by atoms with Gasteiger partial charge in [0, 0.05) is 37.4 Å². The topological polar surface area (TPSA) is 43.8 Å². The van der Waals surface area contributed by atoms with Crippen LogP contribution in [0.4, 0.5) is 5.69 Å². The molecule has 1 N–H and O–H groups in total. The number of amides is 1. The number of para-hydroxylation sites is 1. The van der Waals surface area contributed by atoms with Gasteiger partial charge in [0.1, 0.15) is 5.75 Å². The van der Waals surface area contributed by atoms with Gasteiger partial charge in [0.15, 0.2) is 0 Å². The first-order valence-electron chi connectivity index (χ1n) is 7.54. The molecule has 2 aromatic carbocycles. The Hall–Kier alpha value is -2.49. The Morgan fingerprint density at radius 3 is 2.23 bits per heavy atom. The number of piperazine rings is 1. The molecule has 22 heavy (non-hydrogen) atoms. The monoisotopic (exact) mass is 296 g/mol. The Labute approximate surface area is 130 Å². The smallest absolute Gasteiger partial charge is 0.253 e. The molecule has 4 heteroatoms. The summed E-state index contributed by atoms with van der Waals surface area (Å²) in [6, 6.07) is 14.8. The van der Waals surface area contributed by atoms with Gasteiger partial charge in [-0.25, -0.2) is 0 Å². The van der Waals surface area contributed by atoms with Gasteiger partial charge in [0.25, 0.3) is 5.91 Å². The van der Waals surface area contributed by atoms with Gasteiger partial charge in [0.2, 0.25) is 0 Å². The summed E-state index contributed by atoms with van der Waals surface area (Å²) < 4.78 is 0. The van der Waals surface area contributed by atoms with Crippen LogP contribution in [-0.4, -0.2) is 42.1 Å². The molecular formula is C18H20N2O2. The lowest BCUT2D eigenvalue weighted by molar-refractivity contribution is 0.0747. The Morgan fingerprint density at radius 2 is 1.59 bits per heavy atom. The van der Waals surface area contributed by atoms with E-state index >= 15 is 0 Å². The van der Waals surface area contributed by atoms with Crippen LogP contribution in [0.3, 0.4) is 0 Å². The molecule has 1 heterocycles. The van der Waals surface area contributed by atoms with E-state index in [9.17, 15) is 9.90 Å². The van der Waals surface area contributed by atoms with Crippen LogP contribution >= 0.6 is 0 Å². The maximum atomic E-state index is 12.4. The second kappa shape index (κ2) is 6.10. The summed E-state index contributed by atoms with van der Waals surface area (Å²) in [6.07, 6.45) is 0. The van der Waals surface area contributed by atoms with Crippen molar-refractivity contribution in [2.75, 3.05) is 31.1 Å². The fourth-order valence-electron chi connectivity index (χ4n) is 2.86. The second-order valence-corrected chi connectivity index (χ2v) is 5.61. The third kappa shape index (κ3) is 2.91. The van der Waals surface area contributed by atoms with E-state index in [1.54, 1.807) is 24.3 Å². The fourth-order valence-corrected chi connectivity index (χ4v) is 2.86. The maximum absolute atomic E-state index is 12.4. The average Bonchev–Trinajstić information content (AvgIpc) is 2.56. The highest BCUT2D eigenvalue weighted by Gasteiger charge is 2.22. The van der Waals surface area contributed by atoms with E-state index in [4.69, 9.17) is 0 Å². The highest BCUT2D eigenvalue weighted by molar-refractivity contribution is 5.94. The predicted molar refractivity (Wildman–Crippen MR) is 87.4 cm³/mol. The van der Waals surface area contributed by atoms with Crippen LogP contribution < -0.4 is 4.90 Å². The molecule has 0 unspecified atom stereocenters.